The van der Waals surface area contributed by atoms with Crippen molar-refractivity contribution in [3.05, 3.63) is 34.2 Å². The lowest BCUT2D eigenvalue weighted by Crippen LogP contribution is -2.25. The Labute approximate surface area is 87.3 Å². The second-order valence-corrected chi connectivity index (χ2v) is 3.79. The number of carbonyl (C=O) groups is 1. The summed E-state index contributed by atoms with van der Waals surface area (Å²) in [5.74, 6) is 0. The van der Waals surface area contributed by atoms with Crippen molar-refractivity contribution in [2.24, 2.45) is 0 Å². The van der Waals surface area contributed by atoms with Crippen molar-refractivity contribution in [1.29, 1.82) is 0 Å². The van der Waals surface area contributed by atoms with Gasteiger partial charge in [0.2, 0.25) is 5.24 Å². The fourth-order valence-corrected chi connectivity index (χ4v) is 1.39. The number of carbonyl (C=O) groups excluding carboxylic acids is 1. The minimum Gasteiger partial charge on any atom is -0.313 e. The van der Waals surface area contributed by atoms with Crippen molar-refractivity contribution >= 4 is 16.8 Å². The van der Waals surface area contributed by atoms with E-state index >= 15 is 0 Å². The zero-order valence-electron chi connectivity index (χ0n) is 8.16. The van der Waals surface area contributed by atoms with Gasteiger partial charge >= 0.3 is 0 Å². The van der Waals surface area contributed by atoms with Crippen molar-refractivity contribution in [2.45, 2.75) is 26.3 Å². The molecule has 1 rings (SSSR count). The van der Waals surface area contributed by atoms with Crippen LogP contribution >= 0.6 is 11.6 Å². The third-order valence-electron chi connectivity index (χ3n) is 1.94. The second kappa shape index (κ2) is 4.42. The van der Waals surface area contributed by atoms with E-state index in [1.54, 1.807) is 22.9 Å². The fourth-order valence-electron chi connectivity index (χ4n) is 1.25. The van der Waals surface area contributed by atoms with Gasteiger partial charge in [0.15, 0.2) is 0 Å². The first-order valence-electron chi connectivity index (χ1n) is 4.40. The van der Waals surface area contributed by atoms with Crippen LogP contribution in [0, 0.1) is 0 Å². The van der Waals surface area contributed by atoms with E-state index < -0.39 is 5.24 Å². The minimum atomic E-state index is -0.511. The van der Waals surface area contributed by atoms with Gasteiger partial charge in [0.1, 0.15) is 0 Å². The number of nitrogens with zero attached hydrogens (tertiary/aromatic N) is 1. The summed E-state index contributed by atoms with van der Waals surface area (Å²) in [4.78, 5) is 22.4. The van der Waals surface area contributed by atoms with Crippen LogP contribution in [0.1, 0.15) is 25.5 Å². The van der Waals surface area contributed by atoms with Crippen molar-refractivity contribution < 1.29 is 4.79 Å². The van der Waals surface area contributed by atoms with E-state index in [0.29, 0.717) is 5.56 Å². The van der Waals surface area contributed by atoms with Crippen LogP contribution in [0.25, 0.3) is 0 Å². The molecule has 0 spiro atoms. The number of rotatable bonds is 3. The molecule has 0 amide bonds. The summed E-state index contributed by atoms with van der Waals surface area (Å²) in [5.41, 5.74) is 0.303. The van der Waals surface area contributed by atoms with E-state index in [0.717, 1.165) is 0 Å². The van der Waals surface area contributed by atoms with Gasteiger partial charge < -0.3 is 4.57 Å². The molecule has 0 aromatic carbocycles. The Hall–Kier alpha value is -1.09. The van der Waals surface area contributed by atoms with Gasteiger partial charge in [-0.25, -0.2) is 0 Å². The molecule has 0 saturated carbocycles. The highest BCUT2D eigenvalue weighted by atomic mass is 35.5. The van der Waals surface area contributed by atoms with Gasteiger partial charge in [0.05, 0.1) is 6.42 Å². The maximum absolute atomic E-state index is 11.7. The molecule has 0 N–H and O–H groups in total. The molecule has 0 aliphatic carbocycles. The van der Waals surface area contributed by atoms with Crippen LogP contribution in [-0.4, -0.2) is 9.81 Å². The molecule has 14 heavy (non-hydrogen) atoms. The molecule has 0 aliphatic rings. The van der Waals surface area contributed by atoms with Crippen molar-refractivity contribution in [3.8, 4) is 0 Å². The molecule has 1 aromatic rings. The van der Waals surface area contributed by atoms with Crippen LogP contribution in [-0.2, 0) is 11.2 Å². The van der Waals surface area contributed by atoms with E-state index in [-0.39, 0.29) is 18.0 Å². The second-order valence-electron chi connectivity index (χ2n) is 3.37. The summed E-state index contributed by atoms with van der Waals surface area (Å²) in [6.07, 6.45) is 1.70. The molecule has 4 heteroatoms. The largest absolute Gasteiger partial charge is 0.313 e. The Bertz CT molecular complexity index is 395. The number of aromatic nitrogens is 1. The van der Waals surface area contributed by atoms with Crippen LogP contribution in [0.5, 0.6) is 0 Å². The summed E-state index contributed by atoms with van der Waals surface area (Å²) in [7, 11) is 0. The molecule has 0 atom stereocenters. The van der Waals surface area contributed by atoms with E-state index in [4.69, 9.17) is 11.6 Å². The van der Waals surface area contributed by atoms with Crippen LogP contribution in [0.2, 0.25) is 0 Å². The van der Waals surface area contributed by atoms with E-state index in [9.17, 15) is 9.59 Å². The first-order chi connectivity index (χ1) is 6.52. The average molecular weight is 214 g/mol. The van der Waals surface area contributed by atoms with Crippen molar-refractivity contribution in [3.63, 3.8) is 0 Å². The summed E-state index contributed by atoms with van der Waals surface area (Å²) < 4.78 is 1.58. The van der Waals surface area contributed by atoms with E-state index in [1.807, 2.05) is 13.8 Å². The molecule has 1 heterocycles. The Balaban J connectivity index is 3.14. The zero-order chi connectivity index (χ0) is 10.7. The SMILES string of the molecule is CC(C)n1cccc(CC(=O)Cl)c1=O. The number of halogens is 1. The van der Waals surface area contributed by atoms with Gasteiger partial charge in [0.25, 0.3) is 5.56 Å². The van der Waals surface area contributed by atoms with Gasteiger partial charge in [-0.15, -0.1) is 0 Å². The summed E-state index contributed by atoms with van der Waals surface area (Å²) >= 11 is 5.23. The third kappa shape index (κ3) is 2.45. The maximum atomic E-state index is 11.7. The van der Waals surface area contributed by atoms with Crippen LogP contribution in [0.3, 0.4) is 0 Å². The highest BCUT2D eigenvalue weighted by Gasteiger charge is 2.07. The highest BCUT2D eigenvalue weighted by molar-refractivity contribution is 6.63. The summed E-state index contributed by atoms with van der Waals surface area (Å²) in [5, 5.41) is -0.511. The van der Waals surface area contributed by atoms with Crippen LogP contribution in [0.15, 0.2) is 23.1 Å². The molecule has 76 valence electrons. The molecule has 3 nitrogen and oxygen atoms in total. The number of hydrogen-bond donors (Lipinski definition) is 0. The number of pyridine rings is 1. The standard InChI is InChI=1S/C10H12ClNO2/c1-7(2)12-5-3-4-8(10(12)14)6-9(11)13/h3-5,7H,6H2,1-2H3. The summed E-state index contributed by atoms with van der Waals surface area (Å²) in [6, 6.07) is 3.46. The van der Waals surface area contributed by atoms with Crippen molar-refractivity contribution in [2.75, 3.05) is 0 Å². The first-order valence-corrected chi connectivity index (χ1v) is 4.78. The minimum absolute atomic E-state index is 0.00600. The number of hydrogen-bond acceptors (Lipinski definition) is 2. The van der Waals surface area contributed by atoms with Gasteiger partial charge in [-0.2, -0.15) is 0 Å². The Kier molecular flexibility index (Phi) is 3.47. The Morgan fingerprint density at radius 1 is 1.57 bits per heavy atom. The lowest BCUT2D eigenvalue weighted by Gasteiger charge is -2.10. The topological polar surface area (TPSA) is 39.1 Å². The van der Waals surface area contributed by atoms with Gasteiger partial charge in [-0.05, 0) is 31.5 Å². The first kappa shape index (κ1) is 11.0. The molecule has 0 fully saturated rings. The molecule has 0 unspecified atom stereocenters. The van der Waals surface area contributed by atoms with Gasteiger partial charge in [0, 0.05) is 17.8 Å². The predicted molar refractivity (Wildman–Crippen MR) is 55.7 cm³/mol. The Morgan fingerprint density at radius 3 is 2.71 bits per heavy atom. The molecular weight excluding hydrogens is 202 g/mol. The normalized spacial score (nSPS) is 10.6. The zero-order valence-corrected chi connectivity index (χ0v) is 8.91. The molecule has 1 aromatic heterocycles. The smallest absolute Gasteiger partial charge is 0.254 e. The fraction of sp³-hybridized carbons (Fsp3) is 0.400. The molecular formula is C10H12ClNO2. The van der Waals surface area contributed by atoms with Crippen LogP contribution < -0.4 is 5.56 Å². The summed E-state index contributed by atoms with van der Waals surface area (Å²) in [6.45, 7) is 3.82. The Morgan fingerprint density at radius 2 is 2.21 bits per heavy atom. The lowest BCUT2D eigenvalue weighted by atomic mass is 10.2. The molecule has 0 aliphatic heterocycles. The van der Waals surface area contributed by atoms with Gasteiger partial charge in [-0.1, -0.05) is 6.07 Å². The maximum Gasteiger partial charge on any atom is 0.254 e. The monoisotopic (exact) mass is 213 g/mol. The molecule has 0 radical (unpaired) electrons. The van der Waals surface area contributed by atoms with E-state index in [2.05, 4.69) is 0 Å². The van der Waals surface area contributed by atoms with E-state index in [1.165, 1.54) is 0 Å². The third-order valence-corrected chi connectivity index (χ3v) is 2.07. The van der Waals surface area contributed by atoms with Crippen molar-refractivity contribution in [1.82, 2.24) is 4.57 Å². The molecule has 0 bridgehead atoms. The predicted octanol–water partition coefficient (Wildman–Crippen LogP) is 1.74. The molecule has 0 saturated heterocycles. The lowest BCUT2D eigenvalue weighted by molar-refractivity contribution is -0.111. The average Bonchev–Trinajstić information content (AvgIpc) is 2.07. The quantitative estimate of drug-likeness (QED) is 0.718. The highest BCUT2D eigenvalue weighted by Crippen LogP contribution is 2.02. The van der Waals surface area contributed by atoms with Gasteiger partial charge in [-0.3, -0.25) is 9.59 Å². The van der Waals surface area contributed by atoms with Crippen LogP contribution in [0.4, 0.5) is 0 Å².